The van der Waals surface area contributed by atoms with Crippen LogP contribution in [0.2, 0.25) is 0 Å². The third-order valence-corrected chi connectivity index (χ3v) is 2.04. The van der Waals surface area contributed by atoms with Gasteiger partial charge in [-0.2, -0.15) is 0 Å². The zero-order chi connectivity index (χ0) is 8.97. The van der Waals surface area contributed by atoms with Crippen molar-refractivity contribution in [2.45, 2.75) is 0 Å². The van der Waals surface area contributed by atoms with Crippen molar-refractivity contribution < 1.29 is 39.5 Å². The average Bonchev–Trinajstić information content (AvgIpc) is 2.06. The van der Waals surface area contributed by atoms with E-state index in [0.717, 1.165) is 5.56 Å². The Morgan fingerprint density at radius 1 is 1.31 bits per heavy atom. The quantitative estimate of drug-likeness (QED) is 0.368. The molecule has 1 rings (SSSR count). The third-order valence-electron chi connectivity index (χ3n) is 1.29. The van der Waals surface area contributed by atoms with Gasteiger partial charge in [0, 0.05) is 3.58 Å². The molecule has 0 aromatic heterocycles. The van der Waals surface area contributed by atoms with Gasteiger partial charge in [-0.1, -0.05) is 30.3 Å². The van der Waals surface area contributed by atoms with Crippen molar-refractivity contribution in [3.05, 3.63) is 39.5 Å². The number of aliphatic carboxylic acids is 1. The Bertz CT molecular complexity index is 309. The van der Waals surface area contributed by atoms with Crippen molar-refractivity contribution in [2.24, 2.45) is 0 Å². The van der Waals surface area contributed by atoms with Crippen molar-refractivity contribution in [3.63, 3.8) is 0 Å². The Morgan fingerprint density at radius 3 is 2.31 bits per heavy atom. The predicted molar refractivity (Wildman–Crippen MR) is 53.4 cm³/mol. The van der Waals surface area contributed by atoms with Gasteiger partial charge in [0.05, 0.1) is 5.97 Å². The van der Waals surface area contributed by atoms with Crippen LogP contribution in [0.15, 0.2) is 33.9 Å². The fraction of sp³-hybridized carbons (Fsp3) is 0. The molecule has 0 spiro atoms. The number of carbonyl (C=O) groups is 1. The van der Waals surface area contributed by atoms with E-state index < -0.39 is 5.97 Å². The fourth-order valence-corrected chi connectivity index (χ4v) is 1.11. The maximum absolute atomic E-state index is 10.3. The Kier molecular flexibility index (Phi) is 6.67. The second kappa shape index (κ2) is 6.59. The Balaban J connectivity index is 0.00000144. The maximum atomic E-state index is 10.3. The van der Waals surface area contributed by atoms with E-state index in [-0.39, 0.29) is 33.1 Å². The Labute approximate surface area is 112 Å². The summed E-state index contributed by atoms with van der Waals surface area (Å²) in [6.07, 6.45) is 1.57. The molecule has 1 aromatic rings. The summed E-state index contributed by atoms with van der Waals surface area (Å²) in [5.41, 5.74) is 0.867. The molecule has 0 heterocycles. The van der Waals surface area contributed by atoms with Crippen molar-refractivity contribution in [1.82, 2.24) is 0 Å². The van der Waals surface area contributed by atoms with Crippen molar-refractivity contribution in [3.8, 4) is 0 Å². The molecule has 0 aliphatic rings. The summed E-state index contributed by atoms with van der Waals surface area (Å²) in [5, 5.41) is 10.3. The zero-order valence-electron chi connectivity index (χ0n) is 7.16. The van der Waals surface area contributed by atoms with Gasteiger partial charge in [0.25, 0.3) is 0 Å². The number of hydrogen-bond acceptors (Lipinski definition) is 2. The van der Waals surface area contributed by atoms with Crippen LogP contribution in [0.1, 0.15) is 5.56 Å². The van der Waals surface area contributed by atoms with Crippen LogP contribution in [-0.2, 0) is 4.79 Å². The molecule has 1 aromatic carbocycles. The Hall–Kier alpha value is 0.160. The van der Waals surface area contributed by atoms with E-state index in [1.807, 2.05) is 30.3 Å². The summed E-state index contributed by atoms with van der Waals surface area (Å²) in [7, 11) is 0. The van der Waals surface area contributed by atoms with E-state index in [4.69, 9.17) is 0 Å². The van der Waals surface area contributed by atoms with Gasteiger partial charge in [-0.15, -0.1) is 0 Å². The van der Waals surface area contributed by atoms with E-state index >= 15 is 0 Å². The van der Waals surface area contributed by atoms with E-state index in [0.29, 0.717) is 0 Å². The minimum atomic E-state index is -1.14. The second-order valence-corrected chi connectivity index (χ2v) is 3.35. The fourth-order valence-electron chi connectivity index (χ4n) is 0.755. The van der Waals surface area contributed by atoms with Gasteiger partial charge < -0.3 is 9.90 Å². The largest absolute Gasteiger partial charge is 1.00 e. The molecule has 0 bridgehead atoms. The van der Waals surface area contributed by atoms with Crippen LogP contribution in [-0.4, -0.2) is 5.97 Å². The number of carbonyl (C=O) groups excluding carboxylic acids is 1. The van der Waals surface area contributed by atoms with Gasteiger partial charge in [-0.25, -0.2) is 0 Å². The third kappa shape index (κ3) is 4.81. The first-order chi connectivity index (χ1) is 5.70. The molecule has 0 saturated heterocycles. The molecule has 0 N–H and O–H groups in total. The maximum Gasteiger partial charge on any atom is 1.00 e. The summed E-state index contributed by atoms with van der Waals surface area (Å²) in [6.45, 7) is 0. The monoisotopic (exact) mass is 296 g/mol. The molecule has 4 heteroatoms. The molecule has 0 aliphatic heterocycles. The molecule has 62 valence electrons. The number of carboxylic acids is 1. The minimum absolute atomic E-state index is 0. The van der Waals surface area contributed by atoms with Crippen LogP contribution in [0.4, 0.5) is 0 Å². The number of hydrogen-bond donors (Lipinski definition) is 0. The molecular formula is C9H6INaO2. The molecular weight excluding hydrogens is 290 g/mol. The number of benzene rings is 1. The standard InChI is InChI=1S/C9H7IO2.Na/c10-8(9(11)12)6-7-4-2-1-3-5-7;/h1-6H,(H,11,12);/q;+1/p-1. The van der Waals surface area contributed by atoms with Gasteiger partial charge in [0.1, 0.15) is 0 Å². The van der Waals surface area contributed by atoms with Gasteiger partial charge in [-0.3, -0.25) is 0 Å². The molecule has 0 atom stereocenters. The summed E-state index contributed by atoms with van der Waals surface area (Å²) in [6, 6.07) is 9.25. The second-order valence-electron chi connectivity index (χ2n) is 2.19. The topological polar surface area (TPSA) is 40.1 Å². The minimum Gasteiger partial charge on any atom is -0.544 e. The van der Waals surface area contributed by atoms with Crippen LogP contribution in [0, 0.1) is 0 Å². The molecule has 0 amide bonds. The molecule has 0 unspecified atom stereocenters. The summed E-state index contributed by atoms with van der Waals surface area (Å²) < 4.78 is 0.207. The van der Waals surface area contributed by atoms with Gasteiger partial charge >= 0.3 is 29.6 Å². The van der Waals surface area contributed by atoms with Gasteiger partial charge in [0.15, 0.2) is 0 Å². The Morgan fingerprint density at radius 2 is 1.85 bits per heavy atom. The first-order valence-corrected chi connectivity index (χ1v) is 4.41. The van der Waals surface area contributed by atoms with Gasteiger partial charge in [0.2, 0.25) is 0 Å². The van der Waals surface area contributed by atoms with E-state index in [1.54, 1.807) is 28.7 Å². The van der Waals surface area contributed by atoms with Crippen molar-refractivity contribution >= 4 is 34.6 Å². The smallest absolute Gasteiger partial charge is 0.544 e. The predicted octanol–water partition coefficient (Wildman–Crippen LogP) is -1.78. The first-order valence-electron chi connectivity index (χ1n) is 3.34. The number of rotatable bonds is 2. The molecule has 0 fully saturated rings. The van der Waals surface area contributed by atoms with Gasteiger partial charge in [-0.05, 0) is 34.2 Å². The van der Waals surface area contributed by atoms with Crippen molar-refractivity contribution in [2.75, 3.05) is 0 Å². The first kappa shape index (κ1) is 13.2. The van der Waals surface area contributed by atoms with Crippen LogP contribution in [0.5, 0.6) is 0 Å². The van der Waals surface area contributed by atoms with Crippen LogP contribution in [0.25, 0.3) is 6.08 Å². The van der Waals surface area contributed by atoms with Crippen LogP contribution < -0.4 is 34.7 Å². The molecule has 0 aliphatic carbocycles. The van der Waals surface area contributed by atoms with E-state index in [9.17, 15) is 9.90 Å². The van der Waals surface area contributed by atoms with Crippen molar-refractivity contribution in [1.29, 1.82) is 0 Å². The number of halogens is 1. The van der Waals surface area contributed by atoms with E-state index in [2.05, 4.69) is 0 Å². The molecule has 0 saturated carbocycles. The van der Waals surface area contributed by atoms with Crippen LogP contribution in [0.3, 0.4) is 0 Å². The van der Waals surface area contributed by atoms with E-state index in [1.165, 1.54) is 0 Å². The summed E-state index contributed by atoms with van der Waals surface area (Å²) in [4.78, 5) is 10.3. The zero-order valence-corrected chi connectivity index (χ0v) is 11.3. The molecule has 13 heavy (non-hydrogen) atoms. The molecule has 0 radical (unpaired) electrons. The molecule has 2 nitrogen and oxygen atoms in total. The SMILES string of the molecule is O=C([O-])C(I)=Cc1ccccc1.[Na+]. The summed E-state index contributed by atoms with van der Waals surface area (Å²) in [5.74, 6) is -1.14. The average molecular weight is 296 g/mol. The number of carboxylic acid groups (broad SMARTS) is 1. The van der Waals surface area contributed by atoms with Crippen LogP contribution >= 0.6 is 22.6 Å². The normalized spacial score (nSPS) is 10.4. The summed E-state index contributed by atoms with van der Waals surface area (Å²) >= 11 is 1.73.